The first-order chi connectivity index (χ1) is 5.79. The fourth-order valence-corrected chi connectivity index (χ4v) is 1.81. The second kappa shape index (κ2) is 4.38. The number of phenols is 1. The van der Waals surface area contributed by atoms with Crippen LogP contribution < -0.4 is 5.73 Å². The number of rotatable bonds is 3. The average molecular weight is 183 g/mol. The van der Waals surface area contributed by atoms with E-state index in [1.54, 1.807) is 17.8 Å². The van der Waals surface area contributed by atoms with Gasteiger partial charge in [-0.3, -0.25) is 0 Å². The largest absolute Gasteiger partial charge is 0.508 e. The lowest BCUT2D eigenvalue weighted by Crippen LogP contribution is -2.03. The van der Waals surface area contributed by atoms with Crippen LogP contribution in [0, 0.1) is 0 Å². The van der Waals surface area contributed by atoms with Crippen LogP contribution in [0.15, 0.2) is 23.1 Å². The number of hydrogen-bond donors (Lipinski definition) is 2. The summed E-state index contributed by atoms with van der Waals surface area (Å²) in [5, 5.41) is 9.48. The Kier molecular flexibility index (Phi) is 3.44. The first kappa shape index (κ1) is 9.42. The molecule has 0 aliphatic heterocycles. The second-order valence-electron chi connectivity index (χ2n) is 2.50. The SMILES string of the molecule is CSc1cccc(O)c1CCN. The molecule has 0 saturated heterocycles. The van der Waals surface area contributed by atoms with Gasteiger partial charge < -0.3 is 10.8 Å². The van der Waals surface area contributed by atoms with E-state index in [0.717, 1.165) is 16.9 Å². The maximum absolute atomic E-state index is 9.48. The van der Waals surface area contributed by atoms with Crippen molar-refractivity contribution < 1.29 is 5.11 Å². The van der Waals surface area contributed by atoms with E-state index < -0.39 is 0 Å². The molecule has 1 aromatic carbocycles. The summed E-state index contributed by atoms with van der Waals surface area (Å²) in [6.07, 6.45) is 2.73. The molecule has 1 rings (SSSR count). The van der Waals surface area contributed by atoms with E-state index in [2.05, 4.69) is 0 Å². The van der Waals surface area contributed by atoms with Crippen LogP contribution in [0.1, 0.15) is 5.56 Å². The molecular formula is C9H13NOS. The van der Waals surface area contributed by atoms with Gasteiger partial charge in [0.25, 0.3) is 0 Å². The van der Waals surface area contributed by atoms with Crippen LogP contribution in [-0.2, 0) is 6.42 Å². The Bertz CT molecular complexity index is 263. The Labute approximate surface area is 76.8 Å². The zero-order valence-corrected chi connectivity index (χ0v) is 7.90. The van der Waals surface area contributed by atoms with Gasteiger partial charge >= 0.3 is 0 Å². The molecule has 0 fully saturated rings. The summed E-state index contributed by atoms with van der Waals surface area (Å²) >= 11 is 1.63. The molecule has 0 radical (unpaired) electrons. The highest BCUT2D eigenvalue weighted by atomic mass is 32.2. The molecule has 3 heteroatoms. The number of phenolic OH excluding ortho intramolecular Hbond substituents is 1. The summed E-state index contributed by atoms with van der Waals surface area (Å²) in [6.45, 7) is 0.575. The molecule has 0 bridgehead atoms. The van der Waals surface area contributed by atoms with Crippen LogP contribution in [0.25, 0.3) is 0 Å². The summed E-state index contributed by atoms with van der Waals surface area (Å²) in [5.41, 5.74) is 6.40. The zero-order valence-electron chi connectivity index (χ0n) is 7.08. The van der Waals surface area contributed by atoms with Crippen LogP contribution in [0.5, 0.6) is 5.75 Å². The van der Waals surface area contributed by atoms with Crippen molar-refractivity contribution in [3.8, 4) is 5.75 Å². The van der Waals surface area contributed by atoms with Crippen molar-refractivity contribution in [1.29, 1.82) is 0 Å². The Hall–Kier alpha value is -0.670. The predicted molar refractivity (Wildman–Crippen MR) is 52.6 cm³/mol. The van der Waals surface area contributed by atoms with Gasteiger partial charge in [0, 0.05) is 10.5 Å². The molecule has 0 aliphatic rings. The van der Waals surface area contributed by atoms with E-state index in [9.17, 15) is 5.11 Å². The van der Waals surface area contributed by atoms with Gasteiger partial charge in [-0.2, -0.15) is 0 Å². The lowest BCUT2D eigenvalue weighted by molar-refractivity contribution is 0.466. The van der Waals surface area contributed by atoms with Gasteiger partial charge in [0.2, 0.25) is 0 Å². The third kappa shape index (κ3) is 1.93. The van der Waals surface area contributed by atoms with Crippen molar-refractivity contribution in [2.75, 3.05) is 12.8 Å². The lowest BCUT2D eigenvalue weighted by Gasteiger charge is -2.07. The molecule has 0 amide bonds. The summed E-state index contributed by atoms with van der Waals surface area (Å²) in [5.74, 6) is 0.354. The minimum atomic E-state index is 0.354. The highest BCUT2D eigenvalue weighted by Crippen LogP contribution is 2.27. The van der Waals surface area contributed by atoms with Crippen LogP contribution in [-0.4, -0.2) is 17.9 Å². The molecule has 0 heterocycles. The van der Waals surface area contributed by atoms with Crippen LogP contribution in [0.4, 0.5) is 0 Å². The van der Waals surface area contributed by atoms with Crippen molar-refractivity contribution in [3.63, 3.8) is 0 Å². The number of hydrogen-bond acceptors (Lipinski definition) is 3. The lowest BCUT2D eigenvalue weighted by atomic mass is 10.1. The number of benzene rings is 1. The van der Waals surface area contributed by atoms with E-state index in [4.69, 9.17) is 5.73 Å². The molecule has 0 unspecified atom stereocenters. The fourth-order valence-electron chi connectivity index (χ4n) is 1.14. The van der Waals surface area contributed by atoms with Crippen molar-refractivity contribution in [2.45, 2.75) is 11.3 Å². The van der Waals surface area contributed by atoms with Crippen LogP contribution >= 0.6 is 11.8 Å². The highest BCUT2D eigenvalue weighted by molar-refractivity contribution is 7.98. The standard InChI is InChI=1S/C9H13NOS/c1-12-9-4-2-3-8(11)7(9)5-6-10/h2-4,11H,5-6,10H2,1H3. The topological polar surface area (TPSA) is 46.2 Å². The first-order valence-electron chi connectivity index (χ1n) is 3.84. The molecule has 1 aromatic rings. The van der Waals surface area contributed by atoms with Crippen LogP contribution in [0.3, 0.4) is 0 Å². The molecule has 3 N–H and O–H groups in total. The maximum atomic E-state index is 9.48. The summed E-state index contributed by atoms with van der Waals surface area (Å²) < 4.78 is 0. The number of thioether (sulfide) groups is 1. The van der Waals surface area contributed by atoms with Crippen LogP contribution in [0.2, 0.25) is 0 Å². The Balaban J connectivity index is 3.02. The highest BCUT2D eigenvalue weighted by Gasteiger charge is 2.04. The van der Waals surface area contributed by atoms with E-state index in [-0.39, 0.29) is 0 Å². The summed E-state index contributed by atoms with van der Waals surface area (Å²) in [7, 11) is 0. The summed E-state index contributed by atoms with van der Waals surface area (Å²) in [4.78, 5) is 1.11. The van der Waals surface area contributed by atoms with Crippen molar-refractivity contribution in [3.05, 3.63) is 23.8 Å². The zero-order chi connectivity index (χ0) is 8.97. The van der Waals surface area contributed by atoms with E-state index >= 15 is 0 Å². The molecule has 2 nitrogen and oxygen atoms in total. The Morgan fingerprint density at radius 2 is 2.25 bits per heavy atom. The monoisotopic (exact) mass is 183 g/mol. The Morgan fingerprint density at radius 3 is 2.83 bits per heavy atom. The Morgan fingerprint density at radius 1 is 1.50 bits per heavy atom. The van der Waals surface area contributed by atoms with Crippen molar-refractivity contribution >= 4 is 11.8 Å². The van der Waals surface area contributed by atoms with E-state index in [0.29, 0.717) is 12.3 Å². The molecule has 0 spiro atoms. The molecule has 0 atom stereocenters. The van der Waals surface area contributed by atoms with Gasteiger partial charge in [0.05, 0.1) is 0 Å². The number of nitrogens with two attached hydrogens (primary N) is 1. The van der Waals surface area contributed by atoms with Gasteiger partial charge in [-0.1, -0.05) is 6.07 Å². The minimum absolute atomic E-state index is 0.354. The van der Waals surface area contributed by atoms with Gasteiger partial charge in [-0.25, -0.2) is 0 Å². The van der Waals surface area contributed by atoms with Crippen molar-refractivity contribution in [2.24, 2.45) is 5.73 Å². The summed E-state index contributed by atoms with van der Waals surface area (Å²) in [6, 6.07) is 5.54. The van der Waals surface area contributed by atoms with E-state index in [1.165, 1.54) is 0 Å². The minimum Gasteiger partial charge on any atom is -0.508 e. The van der Waals surface area contributed by atoms with Gasteiger partial charge in [-0.15, -0.1) is 11.8 Å². The molecule has 0 aromatic heterocycles. The second-order valence-corrected chi connectivity index (χ2v) is 3.34. The molecule has 12 heavy (non-hydrogen) atoms. The fraction of sp³-hybridized carbons (Fsp3) is 0.333. The average Bonchev–Trinajstić information content (AvgIpc) is 2.09. The molecule has 0 aliphatic carbocycles. The first-order valence-corrected chi connectivity index (χ1v) is 5.07. The predicted octanol–water partition coefficient (Wildman–Crippen LogP) is 1.62. The molecule has 66 valence electrons. The normalized spacial score (nSPS) is 10.2. The number of aromatic hydroxyl groups is 1. The molecular weight excluding hydrogens is 170 g/mol. The maximum Gasteiger partial charge on any atom is 0.119 e. The quantitative estimate of drug-likeness (QED) is 0.700. The third-order valence-electron chi connectivity index (χ3n) is 1.72. The van der Waals surface area contributed by atoms with Crippen molar-refractivity contribution in [1.82, 2.24) is 0 Å². The van der Waals surface area contributed by atoms with Gasteiger partial charge in [0.1, 0.15) is 5.75 Å². The molecule has 0 saturated carbocycles. The van der Waals surface area contributed by atoms with Gasteiger partial charge in [0.15, 0.2) is 0 Å². The smallest absolute Gasteiger partial charge is 0.119 e. The van der Waals surface area contributed by atoms with E-state index in [1.807, 2.05) is 18.4 Å². The van der Waals surface area contributed by atoms with Gasteiger partial charge in [-0.05, 0) is 31.4 Å². The third-order valence-corrected chi connectivity index (χ3v) is 2.54.